The maximum atomic E-state index is 12.0. The molecule has 0 saturated carbocycles. The van der Waals surface area contributed by atoms with Gasteiger partial charge < -0.3 is 4.57 Å². The van der Waals surface area contributed by atoms with Crippen LogP contribution in [0.15, 0.2) is 34.2 Å². The van der Waals surface area contributed by atoms with Crippen molar-refractivity contribution in [2.75, 3.05) is 6.54 Å². The van der Waals surface area contributed by atoms with E-state index in [1.165, 1.54) is 18.5 Å². The number of rotatable bonds is 5. The summed E-state index contributed by atoms with van der Waals surface area (Å²) in [4.78, 5) is 3.95. The Kier molecular flexibility index (Phi) is 4.27. The highest BCUT2D eigenvalue weighted by molar-refractivity contribution is 9.10. The maximum Gasteiger partial charge on any atom is 0.242 e. The zero-order valence-corrected chi connectivity index (χ0v) is 12.5. The molecule has 7 nitrogen and oxygen atoms in total. The molecule has 102 valence electrons. The fourth-order valence-electron chi connectivity index (χ4n) is 1.45. The van der Waals surface area contributed by atoms with Gasteiger partial charge in [0.25, 0.3) is 0 Å². The lowest BCUT2D eigenvalue weighted by molar-refractivity contribution is 0.579. The summed E-state index contributed by atoms with van der Waals surface area (Å²) in [6, 6.07) is 1.50. The molecular weight excluding hydrogens is 334 g/mol. The second-order valence-corrected chi connectivity index (χ2v) is 6.53. The normalized spacial score (nSPS) is 11.7. The van der Waals surface area contributed by atoms with Crippen molar-refractivity contribution in [3.63, 3.8) is 0 Å². The van der Waals surface area contributed by atoms with Crippen LogP contribution in [0.25, 0.3) is 0 Å². The number of hydrogen-bond donors (Lipinski definition) is 1. The molecule has 0 atom stereocenters. The summed E-state index contributed by atoms with van der Waals surface area (Å²) in [6.07, 6.45) is 4.87. The average molecular weight is 346 g/mol. The van der Waals surface area contributed by atoms with Gasteiger partial charge in [-0.2, -0.15) is 0 Å². The maximum absolute atomic E-state index is 12.0. The average Bonchev–Trinajstić information content (AvgIpc) is 2.75. The summed E-state index contributed by atoms with van der Waals surface area (Å²) in [5, 5.41) is 7.61. The van der Waals surface area contributed by atoms with E-state index in [-0.39, 0.29) is 11.4 Å². The Morgan fingerprint density at radius 1 is 1.42 bits per heavy atom. The van der Waals surface area contributed by atoms with Gasteiger partial charge in [0.1, 0.15) is 17.0 Å². The van der Waals surface area contributed by atoms with Crippen molar-refractivity contribution in [2.24, 2.45) is 7.05 Å². The smallest absolute Gasteiger partial charge is 0.242 e. The van der Waals surface area contributed by atoms with Crippen molar-refractivity contribution in [3.05, 3.63) is 35.1 Å². The van der Waals surface area contributed by atoms with Crippen molar-refractivity contribution in [2.45, 2.75) is 11.3 Å². The first-order chi connectivity index (χ1) is 8.99. The molecule has 0 radical (unpaired) electrons. The highest BCUT2D eigenvalue weighted by atomic mass is 79.9. The van der Waals surface area contributed by atoms with Crippen LogP contribution < -0.4 is 4.72 Å². The molecule has 2 aromatic rings. The number of nitrogens with one attached hydrogen (secondary N) is 1. The third-order valence-corrected chi connectivity index (χ3v) is 4.30. The standard InChI is InChI=1S/C10H12BrN5O2S/c1-16-7-13-15-10(16)2-3-14-19(17,18)9-4-8(11)5-12-6-9/h4-7,14H,2-3H2,1H3. The van der Waals surface area contributed by atoms with Crippen LogP contribution in [0.3, 0.4) is 0 Å². The number of hydrogen-bond acceptors (Lipinski definition) is 5. The van der Waals surface area contributed by atoms with E-state index in [9.17, 15) is 8.42 Å². The molecule has 0 fully saturated rings. The van der Waals surface area contributed by atoms with Crippen LogP contribution in [0.1, 0.15) is 5.82 Å². The Labute approximate surface area is 119 Å². The Morgan fingerprint density at radius 3 is 2.84 bits per heavy atom. The molecule has 19 heavy (non-hydrogen) atoms. The Bertz CT molecular complexity index is 670. The summed E-state index contributed by atoms with van der Waals surface area (Å²) in [7, 11) is -1.74. The van der Waals surface area contributed by atoms with Crippen LogP contribution in [-0.4, -0.2) is 34.7 Å². The first-order valence-electron chi connectivity index (χ1n) is 5.42. The van der Waals surface area contributed by atoms with E-state index >= 15 is 0 Å². The van der Waals surface area contributed by atoms with Gasteiger partial charge >= 0.3 is 0 Å². The van der Waals surface area contributed by atoms with Gasteiger partial charge in [0.2, 0.25) is 10.0 Å². The van der Waals surface area contributed by atoms with Crippen LogP contribution in [0.2, 0.25) is 0 Å². The molecule has 0 saturated heterocycles. The number of sulfonamides is 1. The zero-order chi connectivity index (χ0) is 13.9. The minimum atomic E-state index is -3.55. The molecule has 2 heterocycles. The molecule has 2 rings (SSSR count). The molecule has 0 aliphatic carbocycles. The van der Waals surface area contributed by atoms with Crippen LogP contribution >= 0.6 is 15.9 Å². The van der Waals surface area contributed by atoms with E-state index in [2.05, 4.69) is 35.8 Å². The van der Waals surface area contributed by atoms with Crippen molar-refractivity contribution >= 4 is 26.0 Å². The topological polar surface area (TPSA) is 89.8 Å². The summed E-state index contributed by atoms with van der Waals surface area (Å²) in [6.45, 7) is 0.251. The van der Waals surface area contributed by atoms with E-state index in [0.717, 1.165) is 5.82 Å². The van der Waals surface area contributed by atoms with Crippen molar-refractivity contribution < 1.29 is 8.42 Å². The highest BCUT2D eigenvalue weighted by Gasteiger charge is 2.14. The van der Waals surface area contributed by atoms with Crippen LogP contribution in [0.4, 0.5) is 0 Å². The first kappa shape index (κ1) is 14.1. The van der Waals surface area contributed by atoms with Crippen molar-refractivity contribution in [3.8, 4) is 0 Å². The second kappa shape index (κ2) is 5.76. The SMILES string of the molecule is Cn1cnnc1CCNS(=O)(=O)c1cncc(Br)c1. The van der Waals surface area contributed by atoms with E-state index in [1.807, 2.05) is 7.05 Å². The second-order valence-electron chi connectivity index (χ2n) is 3.84. The molecular formula is C10H12BrN5O2S. The first-order valence-corrected chi connectivity index (χ1v) is 7.70. The third kappa shape index (κ3) is 3.58. The fourth-order valence-corrected chi connectivity index (χ4v) is 2.99. The number of halogens is 1. The number of aromatic nitrogens is 4. The number of nitrogens with zero attached hydrogens (tertiary/aromatic N) is 4. The van der Waals surface area contributed by atoms with Gasteiger partial charge in [-0.1, -0.05) is 0 Å². The van der Waals surface area contributed by atoms with Gasteiger partial charge in [0.05, 0.1) is 0 Å². The highest BCUT2D eigenvalue weighted by Crippen LogP contribution is 2.13. The molecule has 0 unspecified atom stereocenters. The zero-order valence-electron chi connectivity index (χ0n) is 10.1. The van der Waals surface area contributed by atoms with Crippen molar-refractivity contribution in [1.29, 1.82) is 0 Å². The molecule has 9 heteroatoms. The number of pyridine rings is 1. The summed E-state index contributed by atoms with van der Waals surface area (Å²) in [5.74, 6) is 0.718. The van der Waals surface area contributed by atoms with E-state index in [0.29, 0.717) is 10.9 Å². The van der Waals surface area contributed by atoms with Crippen molar-refractivity contribution in [1.82, 2.24) is 24.5 Å². The molecule has 1 N–H and O–H groups in total. The van der Waals surface area contributed by atoms with E-state index in [4.69, 9.17) is 0 Å². The van der Waals surface area contributed by atoms with Gasteiger partial charge in [-0.05, 0) is 22.0 Å². The quantitative estimate of drug-likeness (QED) is 0.851. The lowest BCUT2D eigenvalue weighted by Crippen LogP contribution is -2.26. The lowest BCUT2D eigenvalue weighted by atomic mass is 10.4. The van der Waals surface area contributed by atoms with E-state index < -0.39 is 10.0 Å². The summed E-state index contributed by atoms with van der Waals surface area (Å²) >= 11 is 3.19. The van der Waals surface area contributed by atoms with Gasteiger partial charge in [-0.15, -0.1) is 10.2 Å². The van der Waals surface area contributed by atoms with Gasteiger partial charge in [-0.25, -0.2) is 13.1 Å². The van der Waals surface area contributed by atoms with Gasteiger partial charge in [0, 0.05) is 36.9 Å². The van der Waals surface area contributed by atoms with E-state index in [1.54, 1.807) is 10.9 Å². The molecule has 0 amide bonds. The molecule has 0 aromatic carbocycles. The predicted octanol–water partition coefficient (Wildman–Crippen LogP) is 0.494. The molecule has 0 bridgehead atoms. The molecule has 2 aromatic heterocycles. The lowest BCUT2D eigenvalue weighted by Gasteiger charge is -2.06. The number of aryl methyl sites for hydroxylation is 1. The van der Waals surface area contributed by atoms with Gasteiger partial charge in [0.15, 0.2) is 0 Å². The Balaban J connectivity index is 2.01. The minimum absolute atomic E-state index is 0.125. The molecule has 0 spiro atoms. The van der Waals surface area contributed by atoms with Crippen LogP contribution in [0, 0.1) is 0 Å². The third-order valence-electron chi connectivity index (χ3n) is 2.44. The molecule has 0 aliphatic rings. The summed E-state index contributed by atoms with van der Waals surface area (Å²) in [5.41, 5.74) is 0. The largest absolute Gasteiger partial charge is 0.321 e. The van der Waals surface area contributed by atoms with Crippen LogP contribution in [-0.2, 0) is 23.5 Å². The minimum Gasteiger partial charge on any atom is -0.321 e. The Morgan fingerprint density at radius 2 is 2.21 bits per heavy atom. The molecule has 0 aliphatic heterocycles. The Hall–Kier alpha value is -1.32. The fraction of sp³-hybridized carbons (Fsp3) is 0.300. The van der Waals surface area contributed by atoms with Crippen LogP contribution in [0.5, 0.6) is 0 Å². The monoisotopic (exact) mass is 345 g/mol. The van der Waals surface area contributed by atoms with Gasteiger partial charge in [-0.3, -0.25) is 4.98 Å². The summed E-state index contributed by atoms with van der Waals surface area (Å²) < 4.78 is 28.8. The predicted molar refractivity (Wildman–Crippen MR) is 71.8 cm³/mol.